The van der Waals surface area contributed by atoms with Crippen LogP contribution in [-0.4, -0.2) is 16.9 Å². The van der Waals surface area contributed by atoms with Gasteiger partial charge in [0.05, 0.1) is 12.8 Å². The second kappa shape index (κ2) is 4.77. The highest BCUT2D eigenvalue weighted by Crippen LogP contribution is 2.34. The van der Waals surface area contributed by atoms with E-state index in [4.69, 9.17) is 10.00 Å². The molecular formula is C15H17N3O. The maximum absolute atomic E-state index is 8.95. The summed E-state index contributed by atoms with van der Waals surface area (Å²) in [5.41, 5.74) is 5.90. The van der Waals surface area contributed by atoms with Crippen LogP contribution < -0.4 is 4.74 Å². The van der Waals surface area contributed by atoms with Crippen LogP contribution in [0, 0.1) is 32.1 Å². The largest absolute Gasteiger partial charge is 0.496 e. The summed E-state index contributed by atoms with van der Waals surface area (Å²) < 4.78 is 7.13. The Labute approximate surface area is 113 Å². The van der Waals surface area contributed by atoms with E-state index in [2.05, 4.69) is 18.1 Å². The number of aromatic nitrogens is 2. The Hall–Kier alpha value is -2.28. The maximum atomic E-state index is 8.95. The zero-order valence-corrected chi connectivity index (χ0v) is 11.9. The van der Waals surface area contributed by atoms with Crippen molar-refractivity contribution in [3.63, 3.8) is 0 Å². The Morgan fingerprint density at radius 2 is 1.89 bits per heavy atom. The van der Waals surface area contributed by atoms with Crippen LogP contribution in [-0.2, 0) is 7.05 Å². The molecule has 0 radical (unpaired) electrons. The van der Waals surface area contributed by atoms with Gasteiger partial charge in [-0.3, -0.25) is 4.68 Å². The van der Waals surface area contributed by atoms with Gasteiger partial charge in [-0.2, -0.15) is 10.4 Å². The monoisotopic (exact) mass is 255 g/mol. The Bertz CT molecular complexity index is 678. The fourth-order valence-electron chi connectivity index (χ4n) is 2.41. The van der Waals surface area contributed by atoms with Crippen molar-refractivity contribution in [2.45, 2.75) is 20.8 Å². The number of rotatable bonds is 2. The molecule has 0 aliphatic heterocycles. The van der Waals surface area contributed by atoms with Gasteiger partial charge < -0.3 is 4.74 Å². The summed E-state index contributed by atoms with van der Waals surface area (Å²) >= 11 is 0. The van der Waals surface area contributed by atoms with E-state index < -0.39 is 0 Å². The van der Waals surface area contributed by atoms with Crippen molar-refractivity contribution in [1.29, 1.82) is 5.26 Å². The predicted molar refractivity (Wildman–Crippen MR) is 74.1 cm³/mol. The highest BCUT2D eigenvalue weighted by Gasteiger charge is 2.16. The van der Waals surface area contributed by atoms with Gasteiger partial charge in [-0.25, -0.2) is 0 Å². The van der Waals surface area contributed by atoms with Crippen LogP contribution in [0.1, 0.15) is 22.4 Å². The molecule has 2 rings (SSSR count). The van der Waals surface area contributed by atoms with Crippen LogP contribution in [0.15, 0.2) is 12.1 Å². The zero-order valence-electron chi connectivity index (χ0n) is 11.9. The van der Waals surface area contributed by atoms with Crippen molar-refractivity contribution in [2.75, 3.05) is 7.11 Å². The molecule has 0 saturated heterocycles. The predicted octanol–water partition coefficient (Wildman–Crippen LogP) is 2.89. The third-order valence-corrected chi connectivity index (χ3v) is 3.52. The molecule has 0 unspecified atom stereocenters. The molecule has 4 nitrogen and oxygen atoms in total. The van der Waals surface area contributed by atoms with E-state index in [1.54, 1.807) is 11.8 Å². The maximum Gasteiger partial charge on any atom is 0.163 e. The summed E-state index contributed by atoms with van der Waals surface area (Å²) in [6.45, 7) is 6.15. The molecule has 0 bridgehead atoms. The summed E-state index contributed by atoms with van der Waals surface area (Å²) in [5.74, 6) is 0.890. The lowest BCUT2D eigenvalue weighted by atomic mass is 9.95. The zero-order chi connectivity index (χ0) is 14.2. The Balaban J connectivity index is 2.72. The van der Waals surface area contributed by atoms with Crippen molar-refractivity contribution in [2.24, 2.45) is 7.05 Å². The van der Waals surface area contributed by atoms with Crippen molar-refractivity contribution < 1.29 is 4.74 Å². The number of aryl methyl sites for hydroxylation is 2. The lowest BCUT2D eigenvalue weighted by Gasteiger charge is -2.16. The Kier molecular flexibility index (Phi) is 3.30. The molecule has 0 amide bonds. The minimum atomic E-state index is 0.435. The third kappa shape index (κ3) is 2.08. The number of benzene rings is 1. The first-order chi connectivity index (χ1) is 8.99. The fraction of sp³-hybridized carbons (Fsp3) is 0.333. The van der Waals surface area contributed by atoms with Gasteiger partial charge in [-0.05, 0) is 43.5 Å². The van der Waals surface area contributed by atoms with Crippen LogP contribution in [0.25, 0.3) is 11.3 Å². The van der Waals surface area contributed by atoms with Crippen molar-refractivity contribution in [3.8, 4) is 23.1 Å². The Morgan fingerprint density at radius 3 is 2.42 bits per heavy atom. The molecule has 0 aliphatic carbocycles. The fourth-order valence-corrected chi connectivity index (χ4v) is 2.41. The quantitative estimate of drug-likeness (QED) is 0.829. The number of methoxy groups -OCH3 is 1. The van der Waals surface area contributed by atoms with E-state index >= 15 is 0 Å². The summed E-state index contributed by atoms with van der Waals surface area (Å²) in [6, 6.07) is 5.92. The molecule has 0 spiro atoms. The number of nitriles is 1. The average Bonchev–Trinajstić information content (AvgIpc) is 2.75. The molecule has 0 saturated carbocycles. The highest BCUT2D eigenvalue weighted by molar-refractivity contribution is 5.72. The first-order valence-electron chi connectivity index (χ1n) is 6.09. The van der Waals surface area contributed by atoms with Gasteiger partial charge in [0.2, 0.25) is 0 Å². The lowest BCUT2D eigenvalue weighted by Crippen LogP contribution is -2.00. The molecule has 2 aromatic rings. The number of nitrogens with zero attached hydrogens (tertiary/aromatic N) is 3. The lowest BCUT2D eigenvalue weighted by molar-refractivity contribution is 0.411. The topological polar surface area (TPSA) is 50.8 Å². The molecule has 1 aromatic carbocycles. The van der Waals surface area contributed by atoms with Crippen molar-refractivity contribution >= 4 is 0 Å². The molecule has 0 N–H and O–H groups in total. The SMILES string of the molecule is COc1cc(C)c(-c2cc(C#N)nn2C)c(C)c1C. The first kappa shape index (κ1) is 13.2. The minimum absolute atomic E-state index is 0.435. The molecule has 4 heteroatoms. The molecule has 1 heterocycles. The second-order valence-electron chi connectivity index (χ2n) is 4.67. The van der Waals surface area contributed by atoms with Crippen LogP contribution >= 0.6 is 0 Å². The molecule has 19 heavy (non-hydrogen) atoms. The van der Waals surface area contributed by atoms with E-state index in [0.29, 0.717) is 5.69 Å². The summed E-state index contributed by atoms with van der Waals surface area (Å²) in [4.78, 5) is 0. The van der Waals surface area contributed by atoms with E-state index in [1.807, 2.05) is 33.0 Å². The summed E-state index contributed by atoms with van der Waals surface area (Å²) in [6.07, 6.45) is 0. The highest BCUT2D eigenvalue weighted by atomic mass is 16.5. The smallest absolute Gasteiger partial charge is 0.163 e. The van der Waals surface area contributed by atoms with Crippen molar-refractivity contribution in [3.05, 3.63) is 34.5 Å². The van der Waals surface area contributed by atoms with Crippen molar-refractivity contribution in [1.82, 2.24) is 9.78 Å². The van der Waals surface area contributed by atoms with Crippen LogP contribution in [0.5, 0.6) is 5.75 Å². The van der Waals surface area contributed by atoms with E-state index in [9.17, 15) is 0 Å². The van der Waals surface area contributed by atoms with Gasteiger partial charge in [0.25, 0.3) is 0 Å². The van der Waals surface area contributed by atoms with Gasteiger partial charge in [0, 0.05) is 18.7 Å². The molecule has 0 atom stereocenters. The van der Waals surface area contributed by atoms with E-state index in [1.165, 1.54) is 0 Å². The van der Waals surface area contributed by atoms with Gasteiger partial charge in [-0.1, -0.05) is 0 Å². The standard InChI is InChI=1S/C15H17N3O/c1-9-6-14(19-5)10(2)11(3)15(9)13-7-12(8-16)17-18(13)4/h6-7H,1-5H3. The van der Waals surface area contributed by atoms with Gasteiger partial charge in [0.15, 0.2) is 5.69 Å². The number of ether oxygens (including phenoxy) is 1. The number of hydrogen-bond acceptors (Lipinski definition) is 3. The van der Waals surface area contributed by atoms with E-state index in [-0.39, 0.29) is 0 Å². The minimum Gasteiger partial charge on any atom is -0.496 e. The molecule has 1 aromatic heterocycles. The first-order valence-corrected chi connectivity index (χ1v) is 6.09. The van der Waals surface area contributed by atoms with Crippen LogP contribution in [0.3, 0.4) is 0 Å². The van der Waals surface area contributed by atoms with Crippen LogP contribution in [0.4, 0.5) is 0 Å². The molecule has 0 fully saturated rings. The summed E-state index contributed by atoms with van der Waals surface area (Å²) in [7, 11) is 3.54. The van der Waals surface area contributed by atoms with E-state index in [0.717, 1.165) is 33.7 Å². The summed E-state index contributed by atoms with van der Waals surface area (Å²) in [5, 5.41) is 13.1. The van der Waals surface area contributed by atoms with Gasteiger partial charge in [0.1, 0.15) is 11.8 Å². The van der Waals surface area contributed by atoms with Gasteiger partial charge in [-0.15, -0.1) is 0 Å². The normalized spacial score (nSPS) is 10.3. The third-order valence-electron chi connectivity index (χ3n) is 3.52. The Morgan fingerprint density at radius 1 is 1.21 bits per heavy atom. The van der Waals surface area contributed by atoms with Crippen LogP contribution in [0.2, 0.25) is 0 Å². The average molecular weight is 255 g/mol. The number of hydrogen-bond donors (Lipinski definition) is 0. The molecular weight excluding hydrogens is 238 g/mol. The van der Waals surface area contributed by atoms with Gasteiger partial charge >= 0.3 is 0 Å². The molecule has 0 aliphatic rings. The molecule has 98 valence electrons. The second-order valence-corrected chi connectivity index (χ2v) is 4.67.